The molecule has 0 atom stereocenters. The van der Waals surface area contributed by atoms with Crippen LogP contribution < -0.4 is 14.8 Å². The fraction of sp³-hybridized carbons (Fsp3) is 0.179. The molecule has 196 valence electrons. The van der Waals surface area contributed by atoms with Crippen LogP contribution in [-0.2, 0) is 9.59 Å². The van der Waals surface area contributed by atoms with E-state index in [9.17, 15) is 14.4 Å². The van der Waals surface area contributed by atoms with Crippen molar-refractivity contribution >= 4 is 68.1 Å². The van der Waals surface area contributed by atoms with Crippen molar-refractivity contribution in [2.75, 3.05) is 25.1 Å². The number of ether oxygens (including phenoxy) is 2. The molecule has 3 aromatic rings. The van der Waals surface area contributed by atoms with Gasteiger partial charge in [0.1, 0.15) is 18.1 Å². The molecule has 1 saturated heterocycles. The molecule has 3 aromatic carbocycles. The van der Waals surface area contributed by atoms with Crippen molar-refractivity contribution in [2.45, 2.75) is 13.8 Å². The fourth-order valence-electron chi connectivity index (χ4n) is 3.47. The van der Waals surface area contributed by atoms with E-state index in [1.54, 1.807) is 36.4 Å². The van der Waals surface area contributed by atoms with Crippen LogP contribution in [0, 0.1) is 13.8 Å². The number of benzene rings is 3. The number of carbonyl (C=O) groups is 3. The molecular formula is C28H24BrClN2O5S. The van der Waals surface area contributed by atoms with Crippen LogP contribution in [0.25, 0.3) is 6.08 Å². The van der Waals surface area contributed by atoms with Crippen LogP contribution in [0.3, 0.4) is 0 Å². The molecule has 1 fully saturated rings. The maximum Gasteiger partial charge on any atom is 0.293 e. The van der Waals surface area contributed by atoms with Crippen molar-refractivity contribution in [1.29, 1.82) is 0 Å². The molecule has 1 aliphatic rings. The van der Waals surface area contributed by atoms with Crippen molar-refractivity contribution < 1.29 is 23.9 Å². The van der Waals surface area contributed by atoms with Gasteiger partial charge in [-0.2, -0.15) is 0 Å². The van der Waals surface area contributed by atoms with Crippen LogP contribution in [0.1, 0.15) is 16.7 Å². The zero-order chi connectivity index (χ0) is 27.2. The number of halogens is 2. The van der Waals surface area contributed by atoms with Crippen molar-refractivity contribution in [2.24, 2.45) is 0 Å². The van der Waals surface area contributed by atoms with E-state index in [-0.39, 0.29) is 36.8 Å². The Labute approximate surface area is 238 Å². The van der Waals surface area contributed by atoms with Gasteiger partial charge in [-0.1, -0.05) is 41.4 Å². The first kappa shape index (κ1) is 27.8. The first-order chi connectivity index (χ1) is 18.2. The van der Waals surface area contributed by atoms with E-state index in [1.807, 2.05) is 44.2 Å². The highest BCUT2D eigenvalue weighted by molar-refractivity contribution is 9.10. The highest BCUT2D eigenvalue weighted by atomic mass is 79.9. The van der Waals surface area contributed by atoms with Crippen molar-refractivity contribution in [3.63, 3.8) is 0 Å². The zero-order valence-electron chi connectivity index (χ0n) is 20.6. The zero-order valence-corrected chi connectivity index (χ0v) is 23.8. The number of anilines is 1. The molecular weight excluding hydrogens is 592 g/mol. The predicted molar refractivity (Wildman–Crippen MR) is 154 cm³/mol. The monoisotopic (exact) mass is 614 g/mol. The normalized spacial score (nSPS) is 14.2. The molecule has 1 N–H and O–H groups in total. The quantitative estimate of drug-likeness (QED) is 0.265. The van der Waals surface area contributed by atoms with E-state index < -0.39 is 0 Å². The molecule has 0 bridgehead atoms. The lowest BCUT2D eigenvalue weighted by Gasteiger charge is -2.13. The molecule has 10 heteroatoms. The van der Waals surface area contributed by atoms with E-state index in [0.29, 0.717) is 37.2 Å². The molecule has 3 amide bonds. The summed E-state index contributed by atoms with van der Waals surface area (Å²) >= 11 is 10.4. The highest BCUT2D eigenvalue weighted by Crippen LogP contribution is 2.34. The number of amides is 3. The summed E-state index contributed by atoms with van der Waals surface area (Å²) in [6.45, 7) is 4.03. The Morgan fingerprint density at radius 2 is 1.82 bits per heavy atom. The molecule has 0 aromatic heterocycles. The van der Waals surface area contributed by atoms with E-state index in [0.717, 1.165) is 22.9 Å². The predicted octanol–water partition coefficient (Wildman–Crippen LogP) is 6.85. The van der Waals surface area contributed by atoms with E-state index >= 15 is 0 Å². The molecule has 7 nitrogen and oxygen atoms in total. The summed E-state index contributed by atoms with van der Waals surface area (Å²) in [4.78, 5) is 39.0. The average Bonchev–Trinajstić information content (AvgIpc) is 3.14. The summed E-state index contributed by atoms with van der Waals surface area (Å²) in [6.07, 6.45) is 1.65. The van der Waals surface area contributed by atoms with Crippen molar-refractivity contribution in [3.05, 3.63) is 91.8 Å². The average molecular weight is 616 g/mol. The summed E-state index contributed by atoms with van der Waals surface area (Å²) in [5.41, 5.74) is 3.32. The second kappa shape index (κ2) is 12.5. The van der Waals surface area contributed by atoms with Crippen LogP contribution in [0.2, 0.25) is 5.02 Å². The Balaban J connectivity index is 1.31. The second-order valence-electron chi connectivity index (χ2n) is 8.49. The summed E-state index contributed by atoms with van der Waals surface area (Å²) in [6, 6.07) is 18.0. The number of thioether (sulfide) groups is 1. The molecule has 38 heavy (non-hydrogen) atoms. The van der Waals surface area contributed by atoms with Crippen molar-refractivity contribution in [1.82, 2.24) is 4.90 Å². The maximum absolute atomic E-state index is 12.8. The number of hydrogen-bond donors (Lipinski definition) is 1. The van der Waals surface area contributed by atoms with Gasteiger partial charge >= 0.3 is 0 Å². The van der Waals surface area contributed by atoms with Gasteiger partial charge in [0.2, 0.25) is 0 Å². The minimum atomic E-state index is -0.364. The van der Waals surface area contributed by atoms with Gasteiger partial charge in [-0.25, -0.2) is 0 Å². The maximum atomic E-state index is 12.8. The highest BCUT2D eigenvalue weighted by Gasteiger charge is 2.34. The second-order valence-corrected chi connectivity index (χ2v) is 10.7. The smallest absolute Gasteiger partial charge is 0.293 e. The minimum Gasteiger partial charge on any atom is -0.492 e. The third-order valence-corrected chi connectivity index (χ3v) is 7.48. The first-order valence-electron chi connectivity index (χ1n) is 11.6. The molecule has 0 unspecified atom stereocenters. The van der Waals surface area contributed by atoms with Gasteiger partial charge in [-0.05, 0) is 95.1 Å². The Hall–Kier alpha value is -3.27. The third-order valence-electron chi connectivity index (χ3n) is 5.55. The summed E-state index contributed by atoms with van der Waals surface area (Å²) in [7, 11) is 0. The number of nitrogens with zero attached hydrogens (tertiary/aromatic N) is 1. The van der Waals surface area contributed by atoms with Crippen LogP contribution in [0.4, 0.5) is 10.5 Å². The standard InChI is InChI=1S/C28H24BrClN2O5S/c1-17-3-8-21(9-4-17)36-12-11-32-27(34)25(38-28(32)35)14-19-6-10-24(22(29)13-19)37-16-26(33)31-20-7-5-18(2)23(30)15-20/h3-10,13-15H,11-12,16H2,1-2H3,(H,31,33)/b25-14-. The van der Waals surface area contributed by atoms with Gasteiger partial charge in [0, 0.05) is 10.7 Å². The van der Waals surface area contributed by atoms with Crippen LogP contribution in [-0.4, -0.2) is 41.7 Å². The SMILES string of the molecule is Cc1ccc(OCCN2C(=O)S/C(=C\c3ccc(OCC(=O)Nc4ccc(C)c(Cl)c4)c(Br)c3)C2=O)cc1. The molecule has 4 rings (SSSR count). The molecule has 1 aliphatic heterocycles. The van der Waals surface area contributed by atoms with E-state index in [1.165, 1.54) is 4.90 Å². The number of rotatable bonds is 9. The molecule has 1 heterocycles. The van der Waals surface area contributed by atoms with Gasteiger partial charge in [0.25, 0.3) is 17.1 Å². The van der Waals surface area contributed by atoms with Crippen LogP contribution in [0.15, 0.2) is 70.0 Å². The number of carbonyl (C=O) groups excluding carboxylic acids is 3. The number of imide groups is 1. The largest absolute Gasteiger partial charge is 0.492 e. The third kappa shape index (κ3) is 7.18. The Morgan fingerprint density at radius 3 is 2.53 bits per heavy atom. The van der Waals surface area contributed by atoms with Crippen LogP contribution in [0.5, 0.6) is 11.5 Å². The fourth-order valence-corrected chi connectivity index (χ4v) is 5.02. The van der Waals surface area contributed by atoms with Gasteiger partial charge in [0.15, 0.2) is 6.61 Å². The topological polar surface area (TPSA) is 84.9 Å². The molecule has 0 spiro atoms. The van der Waals surface area contributed by atoms with Gasteiger partial charge in [-0.3, -0.25) is 19.3 Å². The van der Waals surface area contributed by atoms with Gasteiger partial charge < -0.3 is 14.8 Å². The van der Waals surface area contributed by atoms with Crippen molar-refractivity contribution in [3.8, 4) is 11.5 Å². The van der Waals surface area contributed by atoms with E-state index in [2.05, 4.69) is 21.2 Å². The Kier molecular flexibility index (Phi) is 9.14. The molecule has 0 radical (unpaired) electrons. The minimum absolute atomic E-state index is 0.156. The summed E-state index contributed by atoms with van der Waals surface area (Å²) < 4.78 is 11.9. The Morgan fingerprint density at radius 1 is 1.05 bits per heavy atom. The molecule has 0 saturated carbocycles. The van der Waals surface area contributed by atoms with Gasteiger partial charge in [-0.15, -0.1) is 0 Å². The summed E-state index contributed by atoms with van der Waals surface area (Å²) in [5.74, 6) is 0.445. The summed E-state index contributed by atoms with van der Waals surface area (Å²) in [5, 5.41) is 2.97. The number of nitrogens with one attached hydrogen (secondary N) is 1. The van der Waals surface area contributed by atoms with E-state index in [4.69, 9.17) is 21.1 Å². The lowest BCUT2D eigenvalue weighted by molar-refractivity contribution is -0.123. The van der Waals surface area contributed by atoms with Crippen LogP contribution >= 0.6 is 39.3 Å². The number of aryl methyl sites for hydroxylation is 2. The first-order valence-corrected chi connectivity index (χ1v) is 13.6. The van der Waals surface area contributed by atoms with Gasteiger partial charge in [0.05, 0.1) is 15.9 Å². The number of hydrogen-bond acceptors (Lipinski definition) is 6. The lowest BCUT2D eigenvalue weighted by Crippen LogP contribution is -2.32. The lowest BCUT2D eigenvalue weighted by atomic mass is 10.2. The Bertz CT molecular complexity index is 1410. The molecule has 0 aliphatic carbocycles.